The molecule has 0 atom stereocenters. The zero-order valence-corrected chi connectivity index (χ0v) is 14.3. The van der Waals surface area contributed by atoms with Crippen molar-refractivity contribution in [3.8, 4) is 17.3 Å². The molecule has 1 aromatic carbocycles. The van der Waals surface area contributed by atoms with Crippen molar-refractivity contribution in [1.82, 2.24) is 14.8 Å². The molecule has 0 saturated heterocycles. The summed E-state index contributed by atoms with van der Waals surface area (Å²) in [6.45, 7) is 0. The van der Waals surface area contributed by atoms with Crippen LogP contribution in [-0.4, -0.2) is 27.7 Å². The Morgan fingerprint density at radius 3 is 2.58 bits per heavy atom. The predicted molar refractivity (Wildman–Crippen MR) is 97.6 cm³/mol. The highest BCUT2D eigenvalue weighted by atomic mass is 16.2. The molecule has 3 aromatic rings. The quantitative estimate of drug-likeness (QED) is 0.727. The first-order valence-electron chi connectivity index (χ1n) is 8.45. The maximum atomic E-state index is 12.6. The van der Waals surface area contributed by atoms with Crippen LogP contribution < -0.4 is 4.90 Å². The van der Waals surface area contributed by atoms with Crippen molar-refractivity contribution in [3.05, 3.63) is 66.1 Å². The van der Waals surface area contributed by atoms with Gasteiger partial charge in [-0.1, -0.05) is 0 Å². The molecular formula is C20H17N5O. The Bertz CT molecular complexity index is 978. The molecule has 0 spiro atoms. The second kappa shape index (κ2) is 6.45. The number of nitriles is 1. The van der Waals surface area contributed by atoms with Gasteiger partial charge in [0.15, 0.2) is 0 Å². The van der Waals surface area contributed by atoms with Crippen molar-refractivity contribution < 1.29 is 4.79 Å². The number of pyridine rings is 1. The smallest absolute Gasteiger partial charge is 0.276 e. The van der Waals surface area contributed by atoms with Crippen LogP contribution in [0, 0.1) is 11.3 Å². The fourth-order valence-electron chi connectivity index (χ4n) is 2.75. The summed E-state index contributed by atoms with van der Waals surface area (Å²) in [6, 6.07) is 15.0. The molecule has 2 heterocycles. The molecule has 1 saturated carbocycles. The summed E-state index contributed by atoms with van der Waals surface area (Å²) in [4.78, 5) is 18.5. The highest BCUT2D eigenvalue weighted by molar-refractivity contribution is 6.04. The van der Waals surface area contributed by atoms with Gasteiger partial charge >= 0.3 is 0 Å². The molecule has 2 aromatic heterocycles. The standard InChI is InChI=1S/C20H17N5O/c1-24(16-5-2-14(12-21)3-6-16)20(26)19-9-4-15(13-22-19)18-10-11-25(23-18)17-7-8-17/h2-6,9-11,13,17H,7-8H2,1H3. The number of benzene rings is 1. The topological polar surface area (TPSA) is 74.8 Å². The number of aromatic nitrogens is 3. The van der Waals surface area contributed by atoms with Crippen molar-refractivity contribution in [3.63, 3.8) is 0 Å². The lowest BCUT2D eigenvalue weighted by Crippen LogP contribution is -2.26. The zero-order chi connectivity index (χ0) is 18.1. The first kappa shape index (κ1) is 16.0. The lowest BCUT2D eigenvalue weighted by molar-refractivity contribution is 0.0988. The molecule has 0 unspecified atom stereocenters. The van der Waals surface area contributed by atoms with Crippen molar-refractivity contribution >= 4 is 11.6 Å². The second-order valence-electron chi connectivity index (χ2n) is 6.37. The average molecular weight is 343 g/mol. The number of rotatable bonds is 4. The Balaban J connectivity index is 1.51. The van der Waals surface area contributed by atoms with E-state index in [0.717, 1.165) is 11.3 Å². The van der Waals surface area contributed by atoms with Gasteiger partial charge in [-0.05, 0) is 55.3 Å². The van der Waals surface area contributed by atoms with Gasteiger partial charge in [0.1, 0.15) is 5.69 Å². The Morgan fingerprint density at radius 2 is 1.96 bits per heavy atom. The number of carbonyl (C=O) groups is 1. The fourth-order valence-corrected chi connectivity index (χ4v) is 2.75. The number of amides is 1. The van der Waals surface area contributed by atoms with E-state index in [0.29, 0.717) is 23.0 Å². The van der Waals surface area contributed by atoms with Crippen LogP contribution in [-0.2, 0) is 0 Å². The lowest BCUT2D eigenvalue weighted by Gasteiger charge is -2.16. The van der Waals surface area contributed by atoms with Gasteiger partial charge in [-0.3, -0.25) is 14.5 Å². The van der Waals surface area contributed by atoms with E-state index in [1.165, 1.54) is 17.7 Å². The van der Waals surface area contributed by atoms with Gasteiger partial charge in [0.25, 0.3) is 5.91 Å². The zero-order valence-electron chi connectivity index (χ0n) is 14.3. The summed E-state index contributed by atoms with van der Waals surface area (Å²) in [7, 11) is 1.69. The normalized spacial score (nSPS) is 13.2. The molecular weight excluding hydrogens is 326 g/mol. The number of anilines is 1. The van der Waals surface area contributed by atoms with Gasteiger partial charge in [-0.2, -0.15) is 10.4 Å². The molecule has 1 aliphatic carbocycles. The Morgan fingerprint density at radius 1 is 1.19 bits per heavy atom. The summed E-state index contributed by atoms with van der Waals surface area (Å²) in [5.74, 6) is -0.204. The van der Waals surface area contributed by atoms with Crippen molar-refractivity contribution in [2.24, 2.45) is 0 Å². The highest BCUT2D eigenvalue weighted by Gasteiger charge is 2.24. The minimum atomic E-state index is -0.204. The molecule has 26 heavy (non-hydrogen) atoms. The Kier molecular flexibility index (Phi) is 3.98. The molecule has 6 heteroatoms. The number of carbonyl (C=O) groups excluding carboxylic acids is 1. The van der Waals surface area contributed by atoms with E-state index < -0.39 is 0 Å². The van der Waals surface area contributed by atoms with Crippen LogP contribution in [0.2, 0.25) is 0 Å². The van der Waals surface area contributed by atoms with Gasteiger partial charge in [-0.15, -0.1) is 0 Å². The Labute approximate surface area is 151 Å². The minimum absolute atomic E-state index is 0.204. The van der Waals surface area contributed by atoms with Crippen LogP contribution in [0.1, 0.15) is 34.9 Å². The van der Waals surface area contributed by atoms with Crippen molar-refractivity contribution in [1.29, 1.82) is 5.26 Å². The third-order valence-electron chi connectivity index (χ3n) is 4.50. The molecule has 128 valence electrons. The molecule has 1 amide bonds. The van der Waals surface area contributed by atoms with Crippen LogP contribution in [0.15, 0.2) is 54.9 Å². The molecule has 0 bridgehead atoms. The molecule has 6 nitrogen and oxygen atoms in total. The average Bonchev–Trinajstić information content (AvgIpc) is 3.44. The summed E-state index contributed by atoms with van der Waals surface area (Å²) < 4.78 is 1.99. The van der Waals surface area contributed by atoms with Gasteiger partial charge in [0, 0.05) is 30.7 Å². The van der Waals surface area contributed by atoms with Crippen LogP contribution in [0.3, 0.4) is 0 Å². The van der Waals surface area contributed by atoms with Gasteiger partial charge < -0.3 is 4.90 Å². The predicted octanol–water partition coefficient (Wildman–Crippen LogP) is 3.43. The van der Waals surface area contributed by atoms with E-state index in [4.69, 9.17) is 5.26 Å². The van der Waals surface area contributed by atoms with E-state index in [-0.39, 0.29) is 5.91 Å². The molecule has 4 rings (SSSR count). The van der Waals surface area contributed by atoms with Gasteiger partial charge in [0.2, 0.25) is 0 Å². The highest BCUT2D eigenvalue weighted by Crippen LogP contribution is 2.34. The molecule has 0 N–H and O–H groups in total. The number of hydrogen-bond donors (Lipinski definition) is 0. The number of hydrogen-bond acceptors (Lipinski definition) is 4. The first-order valence-corrected chi connectivity index (χ1v) is 8.45. The van der Waals surface area contributed by atoms with Crippen LogP contribution >= 0.6 is 0 Å². The first-order chi connectivity index (χ1) is 12.7. The second-order valence-corrected chi connectivity index (χ2v) is 6.37. The van der Waals surface area contributed by atoms with Gasteiger partial charge in [0.05, 0.1) is 23.4 Å². The van der Waals surface area contributed by atoms with E-state index in [9.17, 15) is 4.79 Å². The fraction of sp³-hybridized carbons (Fsp3) is 0.200. The molecule has 0 radical (unpaired) electrons. The van der Waals surface area contributed by atoms with Crippen LogP contribution in [0.25, 0.3) is 11.3 Å². The van der Waals surface area contributed by atoms with Gasteiger partial charge in [-0.25, -0.2) is 0 Å². The molecule has 1 fully saturated rings. The summed E-state index contributed by atoms with van der Waals surface area (Å²) in [5.41, 5.74) is 3.39. The van der Waals surface area contributed by atoms with Crippen molar-refractivity contribution in [2.45, 2.75) is 18.9 Å². The van der Waals surface area contributed by atoms with Crippen molar-refractivity contribution in [2.75, 3.05) is 11.9 Å². The van der Waals surface area contributed by atoms with E-state index in [1.54, 1.807) is 43.6 Å². The van der Waals surface area contributed by atoms with E-state index in [1.807, 2.05) is 23.0 Å². The molecule has 1 aliphatic rings. The maximum absolute atomic E-state index is 12.6. The Hall–Kier alpha value is -3.46. The third kappa shape index (κ3) is 3.07. The van der Waals surface area contributed by atoms with Crippen LogP contribution in [0.5, 0.6) is 0 Å². The van der Waals surface area contributed by atoms with Crippen LogP contribution in [0.4, 0.5) is 5.69 Å². The summed E-state index contributed by atoms with van der Waals surface area (Å²) in [5, 5.41) is 13.4. The van der Waals surface area contributed by atoms with E-state index >= 15 is 0 Å². The third-order valence-corrected chi connectivity index (χ3v) is 4.50. The molecule has 0 aliphatic heterocycles. The maximum Gasteiger partial charge on any atom is 0.276 e. The lowest BCUT2D eigenvalue weighted by atomic mass is 10.2. The summed E-state index contributed by atoms with van der Waals surface area (Å²) >= 11 is 0. The largest absolute Gasteiger partial charge is 0.310 e. The van der Waals surface area contributed by atoms with E-state index in [2.05, 4.69) is 16.2 Å². The minimum Gasteiger partial charge on any atom is -0.310 e. The monoisotopic (exact) mass is 343 g/mol. The summed E-state index contributed by atoms with van der Waals surface area (Å²) in [6.07, 6.45) is 6.05. The SMILES string of the molecule is CN(C(=O)c1ccc(-c2ccn(C3CC3)n2)cn1)c1ccc(C#N)cc1. The number of nitrogens with zero attached hydrogens (tertiary/aromatic N) is 5.